The number of likely N-dealkylation sites (tertiary alicyclic amines) is 1. The third-order valence-electron chi connectivity index (χ3n) is 1.70. The maximum absolute atomic E-state index is 11.1. The molecule has 0 unspecified atom stereocenters. The minimum atomic E-state index is 0.193. The van der Waals surface area contributed by atoms with Gasteiger partial charge in [-0.15, -0.1) is 0 Å². The number of rotatable bonds is 0. The highest BCUT2D eigenvalue weighted by molar-refractivity contribution is 7.80. The Morgan fingerprint density at radius 1 is 1.60 bits per heavy atom. The Morgan fingerprint density at radius 3 is 2.70 bits per heavy atom. The van der Waals surface area contributed by atoms with Crippen molar-refractivity contribution >= 4 is 23.1 Å². The zero-order valence-electron chi connectivity index (χ0n) is 6.09. The van der Waals surface area contributed by atoms with Crippen molar-refractivity contribution in [3.05, 3.63) is 0 Å². The highest BCUT2D eigenvalue weighted by atomic mass is 32.1. The second-order valence-electron chi connectivity index (χ2n) is 2.52. The number of hydrogen-bond acceptors (Lipinski definition) is 2. The third kappa shape index (κ3) is 1.53. The maximum Gasteiger partial charge on any atom is 0.227 e. The highest BCUT2D eigenvalue weighted by Gasteiger charge is 2.18. The molecule has 1 amide bonds. The molecule has 0 radical (unpaired) electrons. The van der Waals surface area contributed by atoms with Gasteiger partial charge in [0.15, 0.2) is 0 Å². The standard InChI is InChI=1S/C7H11NOS/c1-6(10)8-5-3-2-4-7(8)9/h2-5H2,1H3. The van der Waals surface area contributed by atoms with Crippen LogP contribution < -0.4 is 0 Å². The number of nitrogens with zero attached hydrogens (tertiary/aromatic N) is 1. The summed E-state index contributed by atoms with van der Waals surface area (Å²) in [6, 6.07) is 0. The van der Waals surface area contributed by atoms with Crippen molar-refractivity contribution in [3.8, 4) is 0 Å². The molecule has 1 heterocycles. The number of carbonyl (C=O) groups is 1. The Balaban J connectivity index is 2.56. The Labute approximate surface area is 66.2 Å². The van der Waals surface area contributed by atoms with E-state index in [0.29, 0.717) is 11.4 Å². The molecule has 0 aromatic rings. The molecule has 0 spiro atoms. The molecule has 1 saturated heterocycles. The first kappa shape index (κ1) is 7.66. The Morgan fingerprint density at radius 2 is 2.30 bits per heavy atom. The molecule has 1 aliphatic rings. The van der Waals surface area contributed by atoms with Gasteiger partial charge in [0.05, 0.1) is 4.99 Å². The smallest absolute Gasteiger partial charge is 0.227 e. The van der Waals surface area contributed by atoms with E-state index < -0.39 is 0 Å². The van der Waals surface area contributed by atoms with E-state index in [9.17, 15) is 4.79 Å². The monoisotopic (exact) mass is 157 g/mol. The highest BCUT2D eigenvalue weighted by Crippen LogP contribution is 2.10. The summed E-state index contributed by atoms with van der Waals surface area (Å²) in [5.41, 5.74) is 0. The van der Waals surface area contributed by atoms with Gasteiger partial charge in [0.25, 0.3) is 0 Å². The molecule has 0 aliphatic carbocycles. The van der Waals surface area contributed by atoms with E-state index in [0.717, 1.165) is 19.4 Å². The molecule has 56 valence electrons. The van der Waals surface area contributed by atoms with Crippen LogP contribution in [0.2, 0.25) is 0 Å². The molecular weight excluding hydrogens is 146 g/mol. The summed E-state index contributed by atoms with van der Waals surface area (Å²) >= 11 is 4.90. The van der Waals surface area contributed by atoms with E-state index in [-0.39, 0.29) is 5.91 Å². The summed E-state index contributed by atoms with van der Waals surface area (Å²) in [5.74, 6) is 0.193. The summed E-state index contributed by atoms with van der Waals surface area (Å²) in [7, 11) is 0. The molecule has 1 aliphatic heterocycles. The SMILES string of the molecule is CC(=S)N1CCCCC1=O. The van der Waals surface area contributed by atoms with Crippen molar-refractivity contribution in [2.45, 2.75) is 26.2 Å². The van der Waals surface area contributed by atoms with Gasteiger partial charge in [0.1, 0.15) is 0 Å². The van der Waals surface area contributed by atoms with Crippen LogP contribution in [0.1, 0.15) is 26.2 Å². The van der Waals surface area contributed by atoms with Gasteiger partial charge in [-0.25, -0.2) is 0 Å². The van der Waals surface area contributed by atoms with E-state index in [1.165, 1.54) is 0 Å². The molecule has 0 N–H and O–H groups in total. The van der Waals surface area contributed by atoms with Crippen LogP contribution in [0.15, 0.2) is 0 Å². The van der Waals surface area contributed by atoms with Crippen LogP contribution in [0.5, 0.6) is 0 Å². The van der Waals surface area contributed by atoms with Crippen molar-refractivity contribution in [1.82, 2.24) is 4.90 Å². The number of hydrogen-bond donors (Lipinski definition) is 0. The van der Waals surface area contributed by atoms with Crippen LogP contribution in [0.25, 0.3) is 0 Å². The van der Waals surface area contributed by atoms with Gasteiger partial charge in [-0.3, -0.25) is 4.79 Å². The number of carbonyl (C=O) groups excluding carboxylic acids is 1. The molecular formula is C7H11NOS. The Kier molecular flexibility index (Phi) is 2.38. The molecule has 1 rings (SSSR count). The van der Waals surface area contributed by atoms with Gasteiger partial charge in [-0.1, -0.05) is 12.2 Å². The lowest BCUT2D eigenvalue weighted by molar-refractivity contribution is -0.128. The van der Waals surface area contributed by atoms with Crippen molar-refractivity contribution < 1.29 is 4.79 Å². The van der Waals surface area contributed by atoms with Crippen molar-refractivity contribution in [2.24, 2.45) is 0 Å². The third-order valence-corrected chi connectivity index (χ3v) is 1.92. The van der Waals surface area contributed by atoms with Crippen molar-refractivity contribution in [1.29, 1.82) is 0 Å². The lowest BCUT2D eigenvalue weighted by Crippen LogP contribution is -2.37. The van der Waals surface area contributed by atoms with Crippen LogP contribution in [0.4, 0.5) is 0 Å². The molecule has 0 aromatic carbocycles. The van der Waals surface area contributed by atoms with Crippen LogP contribution >= 0.6 is 12.2 Å². The van der Waals surface area contributed by atoms with E-state index in [4.69, 9.17) is 12.2 Å². The fourth-order valence-electron chi connectivity index (χ4n) is 1.14. The topological polar surface area (TPSA) is 20.3 Å². The van der Waals surface area contributed by atoms with Crippen molar-refractivity contribution in [3.63, 3.8) is 0 Å². The number of amides is 1. The molecule has 1 fully saturated rings. The van der Waals surface area contributed by atoms with Gasteiger partial charge in [0, 0.05) is 13.0 Å². The molecule has 2 nitrogen and oxygen atoms in total. The lowest BCUT2D eigenvalue weighted by Gasteiger charge is -2.25. The van der Waals surface area contributed by atoms with Crippen molar-refractivity contribution in [2.75, 3.05) is 6.54 Å². The first-order valence-corrected chi connectivity index (χ1v) is 3.93. The summed E-state index contributed by atoms with van der Waals surface area (Å²) in [6.45, 7) is 2.63. The summed E-state index contributed by atoms with van der Waals surface area (Å²) in [5, 5.41) is 0. The zero-order chi connectivity index (χ0) is 7.56. The Bertz CT molecular complexity index is 167. The molecule has 0 bridgehead atoms. The van der Waals surface area contributed by atoms with E-state index in [1.807, 2.05) is 0 Å². The first-order chi connectivity index (χ1) is 4.72. The summed E-state index contributed by atoms with van der Waals surface area (Å²) in [4.78, 5) is 13.5. The van der Waals surface area contributed by atoms with E-state index in [2.05, 4.69) is 0 Å². The largest absolute Gasteiger partial charge is 0.307 e. The average Bonchev–Trinajstić information content (AvgIpc) is 1.88. The quantitative estimate of drug-likeness (QED) is 0.495. The van der Waals surface area contributed by atoms with Gasteiger partial charge in [-0.05, 0) is 19.8 Å². The predicted molar refractivity (Wildman–Crippen MR) is 43.8 cm³/mol. The zero-order valence-corrected chi connectivity index (χ0v) is 6.91. The molecule has 0 aromatic heterocycles. The second-order valence-corrected chi connectivity index (χ2v) is 3.11. The molecule has 0 atom stereocenters. The fourth-order valence-corrected chi connectivity index (χ4v) is 1.33. The first-order valence-electron chi connectivity index (χ1n) is 3.53. The summed E-state index contributed by atoms with van der Waals surface area (Å²) in [6.07, 6.45) is 2.80. The number of thiocarbonyl (C=S) groups is 1. The van der Waals surface area contributed by atoms with Gasteiger partial charge >= 0.3 is 0 Å². The summed E-state index contributed by atoms with van der Waals surface area (Å²) < 4.78 is 0. The van der Waals surface area contributed by atoms with E-state index >= 15 is 0 Å². The van der Waals surface area contributed by atoms with Gasteiger partial charge < -0.3 is 4.90 Å². The molecule has 0 saturated carbocycles. The molecule has 10 heavy (non-hydrogen) atoms. The Hall–Kier alpha value is -0.440. The maximum atomic E-state index is 11.1. The fraction of sp³-hybridized carbons (Fsp3) is 0.714. The van der Waals surface area contributed by atoms with Crippen LogP contribution in [-0.2, 0) is 4.79 Å². The van der Waals surface area contributed by atoms with E-state index in [1.54, 1.807) is 11.8 Å². The van der Waals surface area contributed by atoms with Crippen LogP contribution in [0, 0.1) is 0 Å². The number of piperidine rings is 1. The van der Waals surface area contributed by atoms with Gasteiger partial charge in [-0.2, -0.15) is 0 Å². The minimum Gasteiger partial charge on any atom is -0.307 e. The van der Waals surface area contributed by atoms with Gasteiger partial charge in [0.2, 0.25) is 5.91 Å². The van der Waals surface area contributed by atoms with Crippen LogP contribution in [-0.4, -0.2) is 22.3 Å². The molecule has 3 heteroatoms. The second kappa shape index (κ2) is 3.10. The lowest BCUT2D eigenvalue weighted by atomic mass is 10.1. The predicted octanol–water partition coefficient (Wildman–Crippen LogP) is 1.35. The average molecular weight is 157 g/mol. The normalized spacial score (nSPS) is 19.3. The minimum absolute atomic E-state index is 0.193. The van der Waals surface area contributed by atoms with Crippen LogP contribution in [0.3, 0.4) is 0 Å².